The molecule has 0 saturated heterocycles. The molecule has 0 atom stereocenters. The lowest BCUT2D eigenvalue weighted by Gasteiger charge is -2.19. The minimum atomic E-state index is 0.752. The van der Waals surface area contributed by atoms with Crippen molar-refractivity contribution in [1.29, 1.82) is 0 Å². The molecule has 0 bridgehead atoms. The van der Waals surface area contributed by atoms with E-state index < -0.39 is 0 Å². The largest absolute Gasteiger partial charge is 0.369 e. The maximum absolute atomic E-state index is 5.99. The van der Waals surface area contributed by atoms with Crippen molar-refractivity contribution in [2.45, 2.75) is 13.5 Å². The van der Waals surface area contributed by atoms with Gasteiger partial charge in [-0.05, 0) is 19.1 Å². The summed E-state index contributed by atoms with van der Waals surface area (Å²) in [5, 5.41) is 3.25. The third-order valence-electron chi connectivity index (χ3n) is 3.10. The van der Waals surface area contributed by atoms with Gasteiger partial charge in [0.05, 0.1) is 17.1 Å². The van der Waals surface area contributed by atoms with E-state index in [1.807, 2.05) is 36.0 Å². The zero-order chi connectivity index (χ0) is 14.8. The van der Waals surface area contributed by atoms with Crippen molar-refractivity contribution >= 4 is 40.2 Å². The van der Waals surface area contributed by atoms with Gasteiger partial charge in [0.1, 0.15) is 5.82 Å². The molecule has 3 rings (SSSR count). The first kappa shape index (κ1) is 14.2. The fraction of sp³-hybridized carbons (Fsp3) is 0.286. The van der Waals surface area contributed by atoms with E-state index in [9.17, 15) is 0 Å². The highest BCUT2D eigenvalue weighted by atomic mass is 35.5. The Bertz CT molecular complexity index is 751. The molecule has 1 N–H and O–H groups in total. The summed E-state index contributed by atoms with van der Waals surface area (Å²) in [6, 6.07) is 3.96. The average Bonchev–Trinajstić information content (AvgIpc) is 3.07. The summed E-state index contributed by atoms with van der Waals surface area (Å²) in [4.78, 5) is 12.4. The minimum Gasteiger partial charge on any atom is -0.369 e. The standard InChI is InChI=1S/C14H16ClN5S/c1-3-16-12-9-20-7-6-17-13(20)14(18-12)19(2)8-10-4-5-11(15)21-10/h4-7,9,16H,3,8H2,1-2H3. The van der Waals surface area contributed by atoms with Crippen LogP contribution in [0, 0.1) is 0 Å². The van der Waals surface area contributed by atoms with Crippen LogP contribution in [0.25, 0.3) is 5.65 Å². The summed E-state index contributed by atoms with van der Waals surface area (Å²) >= 11 is 7.58. The number of nitrogens with one attached hydrogen (secondary N) is 1. The van der Waals surface area contributed by atoms with Crippen molar-refractivity contribution in [3.63, 3.8) is 0 Å². The molecule has 110 valence electrons. The van der Waals surface area contributed by atoms with E-state index in [1.54, 1.807) is 17.5 Å². The first-order valence-electron chi connectivity index (χ1n) is 6.70. The predicted molar refractivity (Wildman–Crippen MR) is 88.6 cm³/mol. The number of halogens is 1. The Kier molecular flexibility index (Phi) is 3.98. The molecule has 0 aromatic carbocycles. The van der Waals surface area contributed by atoms with Gasteiger partial charge in [0.2, 0.25) is 0 Å². The number of rotatable bonds is 5. The van der Waals surface area contributed by atoms with Crippen molar-refractivity contribution < 1.29 is 0 Å². The number of nitrogens with zero attached hydrogens (tertiary/aromatic N) is 4. The van der Waals surface area contributed by atoms with Crippen LogP contribution in [0.2, 0.25) is 4.34 Å². The van der Waals surface area contributed by atoms with E-state index in [2.05, 4.69) is 27.1 Å². The van der Waals surface area contributed by atoms with Crippen LogP contribution in [0.5, 0.6) is 0 Å². The van der Waals surface area contributed by atoms with Crippen LogP contribution in [0.4, 0.5) is 11.6 Å². The van der Waals surface area contributed by atoms with E-state index in [4.69, 9.17) is 11.6 Å². The molecule has 0 fully saturated rings. The van der Waals surface area contributed by atoms with Crippen LogP contribution < -0.4 is 10.2 Å². The second-order valence-electron chi connectivity index (χ2n) is 4.70. The molecule has 0 aliphatic carbocycles. The highest BCUT2D eigenvalue weighted by Gasteiger charge is 2.13. The van der Waals surface area contributed by atoms with E-state index in [1.165, 1.54) is 4.88 Å². The highest BCUT2D eigenvalue weighted by molar-refractivity contribution is 7.16. The Morgan fingerprint density at radius 1 is 1.43 bits per heavy atom. The molecule has 0 spiro atoms. The fourth-order valence-corrected chi connectivity index (χ4v) is 3.32. The molecule has 3 aromatic rings. The molecular formula is C14H16ClN5S. The van der Waals surface area contributed by atoms with Crippen LogP contribution in [0.15, 0.2) is 30.7 Å². The Morgan fingerprint density at radius 2 is 2.29 bits per heavy atom. The quantitative estimate of drug-likeness (QED) is 0.781. The van der Waals surface area contributed by atoms with E-state index >= 15 is 0 Å². The van der Waals surface area contributed by atoms with Crippen LogP contribution in [0.1, 0.15) is 11.8 Å². The number of hydrogen-bond acceptors (Lipinski definition) is 5. The van der Waals surface area contributed by atoms with Gasteiger partial charge in [0, 0.05) is 30.9 Å². The summed E-state index contributed by atoms with van der Waals surface area (Å²) in [5.41, 5.74) is 0.849. The van der Waals surface area contributed by atoms with Gasteiger partial charge in [-0.3, -0.25) is 0 Å². The lowest BCUT2D eigenvalue weighted by Crippen LogP contribution is -2.19. The monoisotopic (exact) mass is 321 g/mol. The van der Waals surface area contributed by atoms with Gasteiger partial charge in [-0.2, -0.15) is 0 Å². The van der Waals surface area contributed by atoms with E-state index in [0.29, 0.717) is 0 Å². The number of imidazole rings is 1. The van der Waals surface area contributed by atoms with Crippen molar-refractivity contribution in [2.75, 3.05) is 23.8 Å². The van der Waals surface area contributed by atoms with Gasteiger partial charge in [-0.1, -0.05) is 11.6 Å². The fourth-order valence-electron chi connectivity index (χ4n) is 2.18. The molecule has 0 unspecified atom stereocenters. The third-order valence-corrected chi connectivity index (χ3v) is 4.31. The highest BCUT2D eigenvalue weighted by Crippen LogP contribution is 2.26. The number of fused-ring (bicyclic) bond motifs is 1. The van der Waals surface area contributed by atoms with Crippen LogP contribution >= 0.6 is 22.9 Å². The molecule has 0 aliphatic rings. The smallest absolute Gasteiger partial charge is 0.180 e. The maximum Gasteiger partial charge on any atom is 0.180 e. The molecule has 0 aliphatic heterocycles. The van der Waals surface area contributed by atoms with Gasteiger partial charge >= 0.3 is 0 Å². The Balaban J connectivity index is 1.95. The average molecular weight is 322 g/mol. The Morgan fingerprint density at radius 3 is 3.00 bits per heavy atom. The molecule has 3 aromatic heterocycles. The predicted octanol–water partition coefficient (Wildman–Crippen LogP) is 3.51. The zero-order valence-corrected chi connectivity index (χ0v) is 13.4. The molecule has 0 radical (unpaired) electrons. The summed E-state index contributed by atoms with van der Waals surface area (Å²) in [6.45, 7) is 3.64. The first-order chi connectivity index (χ1) is 10.2. The Hall–Kier alpha value is -1.79. The second-order valence-corrected chi connectivity index (χ2v) is 6.50. The molecule has 5 nitrogen and oxygen atoms in total. The molecule has 7 heteroatoms. The number of anilines is 2. The molecule has 0 amide bonds. The van der Waals surface area contributed by atoms with Crippen molar-refractivity contribution in [1.82, 2.24) is 14.4 Å². The number of thiophene rings is 1. The number of hydrogen-bond donors (Lipinski definition) is 1. The van der Waals surface area contributed by atoms with Crippen molar-refractivity contribution in [3.05, 3.63) is 39.9 Å². The summed E-state index contributed by atoms with van der Waals surface area (Å²) in [6.07, 6.45) is 5.66. The molecule has 0 saturated carbocycles. The molecule has 3 heterocycles. The van der Waals surface area contributed by atoms with Gasteiger partial charge in [0.15, 0.2) is 11.5 Å². The van der Waals surface area contributed by atoms with Crippen molar-refractivity contribution in [2.24, 2.45) is 0 Å². The summed E-state index contributed by atoms with van der Waals surface area (Å²) < 4.78 is 2.79. The maximum atomic E-state index is 5.99. The molecular weight excluding hydrogens is 306 g/mol. The van der Waals surface area contributed by atoms with Gasteiger partial charge in [-0.15, -0.1) is 11.3 Å². The lowest BCUT2D eigenvalue weighted by molar-refractivity contribution is 0.904. The SMILES string of the molecule is CCNc1cn2ccnc2c(N(C)Cc2ccc(Cl)s2)n1. The number of aromatic nitrogens is 3. The van der Waals surface area contributed by atoms with E-state index in [0.717, 1.165) is 34.7 Å². The summed E-state index contributed by atoms with van der Waals surface area (Å²) in [7, 11) is 2.01. The van der Waals surface area contributed by atoms with Crippen LogP contribution in [-0.2, 0) is 6.54 Å². The van der Waals surface area contributed by atoms with Gasteiger partial charge in [-0.25, -0.2) is 9.97 Å². The normalized spacial score (nSPS) is 11.0. The van der Waals surface area contributed by atoms with Crippen LogP contribution in [-0.4, -0.2) is 28.0 Å². The first-order valence-corrected chi connectivity index (χ1v) is 7.89. The van der Waals surface area contributed by atoms with Crippen molar-refractivity contribution in [3.8, 4) is 0 Å². The molecule has 21 heavy (non-hydrogen) atoms. The van der Waals surface area contributed by atoms with Gasteiger partial charge in [0.25, 0.3) is 0 Å². The summed E-state index contributed by atoms with van der Waals surface area (Å²) in [5.74, 6) is 1.69. The topological polar surface area (TPSA) is 45.5 Å². The zero-order valence-electron chi connectivity index (χ0n) is 11.9. The van der Waals surface area contributed by atoms with Gasteiger partial charge < -0.3 is 14.6 Å². The third kappa shape index (κ3) is 2.96. The lowest BCUT2D eigenvalue weighted by atomic mass is 10.4. The van der Waals surface area contributed by atoms with Crippen LogP contribution in [0.3, 0.4) is 0 Å². The minimum absolute atomic E-state index is 0.752. The Labute approximate surface area is 132 Å². The second kappa shape index (κ2) is 5.91. The van der Waals surface area contributed by atoms with E-state index in [-0.39, 0.29) is 0 Å².